The van der Waals surface area contributed by atoms with Crippen molar-refractivity contribution in [2.45, 2.75) is 76.5 Å². The molecule has 2 aromatic rings. The summed E-state index contributed by atoms with van der Waals surface area (Å²) in [6.45, 7) is 7.18. The number of thiocarbonyl (C=S) groups is 1. The van der Waals surface area contributed by atoms with E-state index in [0.717, 1.165) is 56.6 Å². The van der Waals surface area contributed by atoms with Gasteiger partial charge in [0.15, 0.2) is 5.11 Å². The van der Waals surface area contributed by atoms with Crippen molar-refractivity contribution in [2.24, 2.45) is 5.92 Å². The lowest BCUT2D eigenvalue weighted by molar-refractivity contribution is 0.434. The molecule has 0 unspecified atom stereocenters. The number of aromatic nitrogens is 2. The standard InChI is InChI=1S/C29H41FN6S/c1-22-12-18-36(19-13-22)26-20-25(35-16-6-2-3-7-17-35)32-27(33-26)34-28(37)31-21-29(14-4-5-15-29)23-8-10-24(30)11-9-23/h8-11,20,22H,2-7,12-19,21H2,1H3,(H2,31,32,33,34,37). The second-order valence-corrected chi connectivity index (χ2v) is 11.7. The maximum Gasteiger partial charge on any atom is 0.232 e. The van der Waals surface area contributed by atoms with Crippen LogP contribution in [0.4, 0.5) is 22.0 Å². The SMILES string of the molecule is CC1CCN(c2cc(N3CCCCCC3)nc(NC(=S)NCC3(c4ccc(F)cc4)CCCC3)n2)CC1. The van der Waals surface area contributed by atoms with Crippen molar-refractivity contribution in [2.75, 3.05) is 47.8 Å². The van der Waals surface area contributed by atoms with Crippen molar-refractivity contribution in [3.63, 3.8) is 0 Å². The number of piperidine rings is 1. The molecule has 3 aliphatic rings. The van der Waals surface area contributed by atoms with Crippen molar-refractivity contribution >= 4 is 34.9 Å². The van der Waals surface area contributed by atoms with Gasteiger partial charge in [0.25, 0.3) is 0 Å². The third-order valence-electron chi connectivity index (χ3n) is 8.57. The number of nitrogens with one attached hydrogen (secondary N) is 2. The summed E-state index contributed by atoms with van der Waals surface area (Å²) in [6.07, 6.45) is 11.9. The fourth-order valence-electron chi connectivity index (χ4n) is 6.16. The van der Waals surface area contributed by atoms with E-state index in [1.807, 2.05) is 12.1 Å². The van der Waals surface area contributed by atoms with Gasteiger partial charge in [-0.25, -0.2) is 4.39 Å². The summed E-state index contributed by atoms with van der Waals surface area (Å²) in [5.74, 6) is 3.12. The predicted octanol–water partition coefficient (Wildman–Crippen LogP) is 6.03. The first-order chi connectivity index (χ1) is 18.0. The Labute approximate surface area is 226 Å². The molecule has 8 heteroatoms. The summed E-state index contributed by atoms with van der Waals surface area (Å²) in [6, 6.07) is 9.16. The van der Waals surface area contributed by atoms with E-state index in [4.69, 9.17) is 22.2 Å². The highest BCUT2D eigenvalue weighted by Crippen LogP contribution is 2.40. The maximum atomic E-state index is 13.6. The van der Waals surface area contributed by atoms with Crippen LogP contribution in [-0.4, -0.2) is 47.8 Å². The lowest BCUT2D eigenvalue weighted by Crippen LogP contribution is -2.41. The minimum absolute atomic E-state index is 0.0240. The highest BCUT2D eigenvalue weighted by molar-refractivity contribution is 7.80. The molecular weight excluding hydrogens is 483 g/mol. The van der Waals surface area contributed by atoms with Crippen LogP contribution in [-0.2, 0) is 5.41 Å². The Hall–Kier alpha value is -2.48. The van der Waals surface area contributed by atoms with Crippen LogP contribution in [0, 0.1) is 11.7 Å². The molecule has 2 aliphatic heterocycles. The molecule has 0 bridgehead atoms. The van der Waals surface area contributed by atoms with E-state index >= 15 is 0 Å². The number of nitrogens with zero attached hydrogens (tertiary/aromatic N) is 4. The summed E-state index contributed by atoms with van der Waals surface area (Å²) in [7, 11) is 0. The second-order valence-electron chi connectivity index (χ2n) is 11.3. The van der Waals surface area contributed by atoms with Crippen molar-refractivity contribution < 1.29 is 4.39 Å². The quantitative estimate of drug-likeness (QED) is 0.448. The zero-order valence-electron chi connectivity index (χ0n) is 22.1. The van der Waals surface area contributed by atoms with Gasteiger partial charge in [0.1, 0.15) is 17.5 Å². The van der Waals surface area contributed by atoms with Crippen molar-refractivity contribution in [1.82, 2.24) is 15.3 Å². The van der Waals surface area contributed by atoms with Gasteiger partial charge in [-0.2, -0.15) is 9.97 Å². The lowest BCUT2D eigenvalue weighted by Gasteiger charge is -2.32. The Morgan fingerprint density at radius 3 is 2.14 bits per heavy atom. The Morgan fingerprint density at radius 1 is 0.919 bits per heavy atom. The van der Waals surface area contributed by atoms with Crippen LogP contribution in [0.3, 0.4) is 0 Å². The van der Waals surface area contributed by atoms with Gasteiger partial charge < -0.3 is 20.4 Å². The summed E-state index contributed by atoms with van der Waals surface area (Å²) in [5, 5.41) is 7.31. The molecule has 1 saturated carbocycles. The van der Waals surface area contributed by atoms with Crippen LogP contribution in [0.25, 0.3) is 0 Å². The van der Waals surface area contributed by atoms with E-state index < -0.39 is 0 Å². The minimum Gasteiger partial charge on any atom is -0.361 e. The molecular formula is C29H41FN6S. The van der Waals surface area contributed by atoms with Gasteiger partial charge in [-0.1, -0.05) is 44.7 Å². The summed E-state index contributed by atoms with van der Waals surface area (Å²) in [4.78, 5) is 14.6. The predicted molar refractivity (Wildman–Crippen MR) is 154 cm³/mol. The monoisotopic (exact) mass is 524 g/mol. The van der Waals surface area contributed by atoms with Gasteiger partial charge in [-0.15, -0.1) is 0 Å². The molecule has 6 nitrogen and oxygen atoms in total. The van der Waals surface area contributed by atoms with Gasteiger partial charge in [0, 0.05) is 44.2 Å². The first-order valence-corrected chi connectivity index (χ1v) is 14.6. The van der Waals surface area contributed by atoms with Gasteiger partial charge in [-0.05, 0) is 74.4 Å². The van der Waals surface area contributed by atoms with Crippen molar-refractivity contribution in [3.05, 3.63) is 41.7 Å². The number of hydrogen-bond acceptors (Lipinski definition) is 5. The van der Waals surface area contributed by atoms with Crippen LogP contribution >= 0.6 is 12.2 Å². The molecule has 37 heavy (non-hydrogen) atoms. The number of halogens is 1. The molecule has 1 aromatic heterocycles. The first kappa shape index (κ1) is 26.1. The highest BCUT2D eigenvalue weighted by atomic mass is 32.1. The van der Waals surface area contributed by atoms with Gasteiger partial charge in [0.2, 0.25) is 5.95 Å². The number of rotatable bonds is 6. The molecule has 0 radical (unpaired) electrons. The Bertz CT molecular complexity index is 1040. The molecule has 0 amide bonds. The smallest absolute Gasteiger partial charge is 0.232 e. The second kappa shape index (κ2) is 11.9. The zero-order chi connectivity index (χ0) is 25.7. The van der Waals surface area contributed by atoms with Gasteiger partial charge in [-0.3, -0.25) is 0 Å². The average Bonchev–Trinajstić information content (AvgIpc) is 3.22. The van der Waals surface area contributed by atoms with Crippen LogP contribution < -0.4 is 20.4 Å². The maximum absolute atomic E-state index is 13.6. The molecule has 5 rings (SSSR count). The Morgan fingerprint density at radius 2 is 1.51 bits per heavy atom. The fraction of sp³-hybridized carbons (Fsp3) is 0.621. The van der Waals surface area contributed by atoms with E-state index in [9.17, 15) is 4.39 Å². The Kier molecular flexibility index (Phi) is 8.43. The zero-order valence-corrected chi connectivity index (χ0v) is 23.0. The molecule has 3 fully saturated rings. The van der Waals surface area contributed by atoms with E-state index in [0.29, 0.717) is 17.6 Å². The van der Waals surface area contributed by atoms with E-state index in [1.54, 1.807) is 12.1 Å². The highest BCUT2D eigenvalue weighted by Gasteiger charge is 2.35. The first-order valence-electron chi connectivity index (χ1n) is 14.2. The number of benzene rings is 1. The summed E-state index contributed by atoms with van der Waals surface area (Å²) < 4.78 is 13.6. The molecule has 0 spiro atoms. The van der Waals surface area contributed by atoms with Crippen LogP contribution in [0.1, 0.15) is 76.7 Å². The molecule has 2 N–H and O–H groups in total. The van der Waals surface area contributed by atoms with Gasteiger partial charge in [0.05, 0.1) is 0 Å². The summed E-state index contributed by atoms with van der Waals surface area (Å²) >= 11 is 5.74. The van der Waals surface area contributed by atoms with Gasteiger partial charge >= 0.3 is 0 Å². The van der Waals surface area contributed by atoms with Crippen molar-refractivity contribution in [1.29, 1.82) is 0 Å². The number of anilines is 3. The van der Waals surface area contributed by atoms with E-state index in [2.05, 4.69) is 33.4 Å². The van der Waals surface area contributed by atoms with Crippen molar-refractivity contribution in [3.8, 4) is 0 Å². The van der Waals surface area contributed by atoms with Crippen LogP contribution in [0.2, 0.25) is 0 Å². The topological polar surface area (TPSA) is 56.3 Å². The van der Waals surface area contributed by atoms with E-state index in [-0.39, 0.29) is 11.2 Å². The molecule has 200 valence electrons. The third kappa shape index (κ3) is 6.51. The normalized spacial score (nSPS) is 20.5. The molecule has 2 saturated heterocycles. The molecule has 1 aromatic carbocycles. The fourth-order valence-corrected chi connectivity index (χ4v) is 6.32. The minimum atomic E-state index is -0.192. The van der Waals surface area contributed by atoms with Crippen LogP contribution in [0.5, 0.6) is 0 Å². The van der Waals surface area contributed by atoms with E-state index in [1.165, 1.54) is 56.9 Å². The van der Waals surface area contributed by atoms with Crippen LogP contribution in [0.15, 0.2) is 30.3 Å². The molecule has 3 heterocycles. The third-order valence-corrected chi connectivity index (χ3v) is 8.81. The largest absolute Gasteiger partial charge is 0.361 e. The molecule has 1 aliphatic carbocycles. The summed E-state index contributed by atoms with van der Waals surface area (Å²) in [5.41, 5.74) is 1.16. The Balaban J connectivity index is 1.31. The lowest BCUT2D eigenvalue weighted by atomic mass is 9.79. The molecule has 0 atom stereocenters. The number of hydrogen-bond donors (Lipinski definition) is 2. The average molecular weight is 525 g/mol.